The zero-order valence-electron chi connectivity index (χ0n) is 26.7. The van der Waals surface area contributed by atoms with Gasteiger partial charge in [0.2, 0.25) is 0 Å². The molecule has 3 aliphatic rings. The largest absolute Gasteiger partial charge is 0.490 e. The predicted molar refractivity (Wildman–Crippen MR) is 179 cm³/mol. The molecule has 2 aromatic carbocycles. The number of carbonyl (C=O) groups excluding carboxylic acids is 2. The predicted octanol–water partition coefficient (Wildman–Crippen LogP) is 7.86. The van der Waals surface area contributed by atoms with Gasteiger partial charge in [-0.05, 0) is 96.4 Å². The summed E-state index contributed by atoms with van der Waals surface area (Å²) in [5.74, 6) is -0.0901. The molecule has 0 fully saturated rings. The van der Waals surface area contributed by atoms with Crippen molar-refractivity contribution in [1.29, 1.82) is 0 Å². The van der Waals surface area contributed by atoms with Crippen LogP contribution in [0.2, 0.25) is 0 Å². The quantitative estimate of drug-likeness (QED) is 0.202. The fraction of sp³-hybridized carbons (Fsp3) is 0.486. The van der Waals surface area contributed by atoms with Crippen LogP contribution in [0.3, 0.4) is 0 Å². The second kappa shape index (κ2) is 11.9. The van der Waals surface area contributed by atoms with Crippen LogP contribution in [-0.2, 0) is 19.7 Å². The third-order valence-corrected chi connectivity index (χ3v) is 10.7. The van der Waals surface area contributed by atoms with Crippen LogP contribution in [-0.4, -0.2) is 38.0 Å². The van der Waals surface area contributed by atoms with Gasteiger partial charge in [0, 0.05) is 47.8 Å². The molecule has 0 spiro atoms. The number of aryl methyl sites for hydroxylation is 1. The number of allylic oxidation sites excluding steroid dienone is 4. The summed E-state index contributed by atoms with van der Waals surface area (Å²) in [7, 11) is -4.14. The molecule has 0 saturated heterocycles. The molecule has 44 heavy (non-hydrogen) atoms. The molecular weight excluding hydrogens is 689 g/mol. The Morgan fingerprint density at radius 1 is 0.886 bits per heavy atom. The van der Waals surface area contributed by atoms with E-state index in [0.29, 0.717) is 27.6 Å². The van der Waals surface area contributed by atoms with E-state index in [1.165, 1.54) is 12.1 Å². The van der Waals surface area contributed by atoms with Crippen molar-refractivity contribution in [1.82, 2.24) is 4.90 Å². The number of hydrogen-bond acceptors (Lipinski definition) is 7. The van der Waals surface area contributed by atoms with Crippen LogP contribution in [0.25, 0.3) is 0 Å². The van der Waals surface area contributed by atoms with Gasteiger partial charge in [-0.15, -0.1) is 0 Å². The Bertz CT molecular complexity index is 1630. The zero-order valence-corrected chi connectivity index (χ0v) is 29.6. The lowest BCUT2D eigenvalue weighted by Gasteiger charge is -2.49. The van der Waals surface area contributed by atoms with Gasteiger partial charge in [-0.1, -0.05) is 52.3 Å². The van der Waals surface area contributed by atoms with Crippen LogP contribution in [0.15, 0.2) is 63.8 Å². The van der Waals surface area contributed by atoms with Gasteiger partial charge >= 0.3 is 10.1 Å². The lowest BCUT2D eigenvalue weighted by atomic mass is 9.63. The van der Waals surface area contributed by atoms with Gasteiger partial charge in [0.25, 0.3) is 0 Å². The molecule has 9 heteroatoms. The van der Waals surface area contributed by atoms with Gasteiger partial charge in [-0.2, -0.15) is 8.42 Å². The highest BCUT2D eigenvalue weighted by molar-refractivity contribution is 14.1. The van der Waals surface area contributed by atoms with Gasteiger partial charge in [-0.25, -0.2) is 0 Å². The maximum atomic E-state index is 14.1. The Kier molecular flexibility index (Phi) is 8.87. The van der Waals surface area contributed by atoms with E-state index in [-0.39, 0.29) is 45.4 Å². The van der Waals surface area contributed by atoms with Crippen molar-refractivity contribution in [2.24, 2.45) is 10.8 Å². The fourth-order valence-electron chi connectivity index (χ4n) is 6.84. The summed E-state index contributed by atoms with van der Waals surface area (Å²) in [4.78, 5) is 30.4. The molecule has 0 N–H and O–H groups in total. The second-order valence-electron chi connectivity index (χ2n) is 13.8. The fourth-order valence-corrected chi connectivity index (χ4v) is 8.68. The average Bonchev–Trinajstić information content (AvgIpc) is 2.90. The molecular formula is C35H42INO6S. The Hall–Kier alpha value is -2.66. The number of hydrogen-bond donors (Lipinski definition) is 0. The van der Waals surface area contributed by atoms with Gasteiger partial charge in [0.1, 0.15) is 4.90 Å². The maximum Gasteiger partial charge on any atom is 0.339 e. The molecule has 0 bridgehead atoms. The lowest BCUT2D eigenvalue weighted by Crippen LogP contribution is -2.44. The first-order valence-electron chi connectivity index (χ1n) is 15.3. The molecule has 1 heterocycles. The summed E-state index contributed by atoms with van der Waals surface area (Å²) in [5, 5.41) is 0. The van der Waals surface area contributed by atoms with Crippen LogP contribution in [0.4, 0.5) is 0 Å². The SMILES string of the molecule is CCCN1C2=C(C(=O)CC(C)(C)C2)C(c2cc(I)c(OS(=O)(=O)c3ccc(C)cc3)c(OCC)c2)C2=C1CC(C)(C)CC2=O. The maximum absolute atomic E-state index is 14.1. The molecule has 7 nitrogen and oxygen atoms in total. The molecule has 0 aromatic heterocycles. The highest BCUT2D eigenvalue weighted by Crippen LogP contribution is 2.55. The average molecular weight is 732 g/mol. The number of carbonyl (C=O) groups is 2. The first kappa shape index (κ1) is 32.7. The number of benzene rings is 2. The van der Waals surface area contributed by atoms with E-state index >= 15 is 0 Å². The summed E-state index contributed by atoms with van der Waals surface area (Å²) in [5.41, 5.74) is 4.65. The number of halogens is 1. The van der Waals surface area contributed by atoms with Crippen LogP contribution < -0.4 is 8.92 Å². The second-order valence-corrected chi connectivity index (χ2v) is 16.5. The lowest BCUT2D eigenvalue weighted by molar-refractivity contribution is -0.119. The normalized spacial score (nSPS) is 20.0. The van der Waals surface area contributed by atoms with Gasteiger partial charge in [0.05, 0.1) is 10.2 Å². The van der Waals surface area contributed by atoms with Crippen molar-refractivity contribution in [3.8, 4) is 11.5 Å². The van der Waals surface area contributed by atoms with E-state index in [2.05, 4.69) is 62.1 Å². The Morgan fingerprint density at radius 3 is 1.93 bits per heavy atom. The van der Waals surface area contributed by atoms with E-state index in [1.54, 1.807) is 18.2 Å². The molecule has 0 amide bonds. The molecule has 2 aliphatic carbocycles. The summed E-state index contributed by atoms with van der Waals surface area (Å²) < 4.78 is 38.8. The van der Waals surface area contributed by atoms with Crippen LogP contribution in [0.5, 0.6) is 11.5 Å². The summed E-state index contributed by atoms with van der Waals surface area (Å²) >= 11 is 2.06. The highest BCUT2D eigenvalue weighted by Gasteiger charge is 2.49. The highest BCUT2D eigenvalue weighted by atomic mass is 127. The molecule has 0 saturated carbocycles. The monoisotopic (exact) mass is 731 g/mol. The standard InChI is InChI=1S/C35H42INO6S/c1-8-14-37-25-17-34(4,5)19-27(38)31(25)30(32-26(37)18-35(6,7)20-28(32)39)22-15-24(36)33(29(16-22)42-9-2)43-44(40,41)23-12-10-21(3)11-13-23/h10-13,15-16,30H,8-9,14,17-20H2,1-7H3. The molecule has 0 unspecified atom stereocenters. The van der Waals surface area contributed by atoms with Gasteiger partial charge < -0.3 is 13.8 Å². The van der Waals surface area contributed by atoms with Crippen LogP contribution in [0.1, 0.15) is 90.7 Å². The van der Waals surface area contributed by atoms with Crippen molar-refractivity contribution in [3.63, 3.8) is 0 Å². The van der Waals surface area contributed by atoms with Crippen molar-refractivity contribution < 1.29 is 26.9 Å². The Balaban J connectivity index is 1.71. The first-order valence-corrected chi connectivity index (χ1v) is 17.8. The molecule has 2 aromatic rings. The van der Waals surface area contributed by atoms with E-state index in [4.69, 9.17) is 8.92 Å². The third kappa shape index (κ3) is 6.23. The third-order valence-electron chi connectivity index (χ3n) is 8.64. The summed E-state index contributed by atoms with van der Waals surface area (Å²) in [6, 6.07) is 10.1. The Labute approximate surface area is 275 Å². The molecule has 0 atom stereocenters. The van der Waals surface area contributed by atoms with E-state index in [0.717, 1.165) is 48.3 Å². The van der Waals surface area contributed by atoms with E-state index in [1.807, 2.05) is 19.9 Å². The first-order chi connectivity index (χ1) is 20.6. The number of ether oxygens (including phenoxy) is 1. The number of Topliss-reactive ketones (excluding diaryl/α,β-unsaturated/α-hetero) is 2. The minimum atomic E-state index is -4.14. The molecule has 0 radical (unpaired) electrons. The molecule has 236 valence electrons. The van der Waals surface area contributed by atoms with Gasteiger partial charge in [0.15, 0.2) is 23.1 Å². The van der Waals surface area contributed by atoms with Crippen molar-refractivity contribution in [2.75, 3.05) is 13.2 Å². The van der Waals surface area contributed by atoms with Crippen molar-refractivity contribution in [2.45, 2.75) is 91.4 Å². The van der Waals surface area contributed by atoms with Crippen molar-refractivity contribution >= 4 is 44.3 Å². The number of ketones is 2. The minimum absolute atomic E-state index is 0.0455. The van der Waals surface area contributed by atoms with E-state index < -0.39 is 16.0 Å². The number of nitrogens with zero attached hydrogens (tertiary/aromatic N) is 1. The minimum Gasteiger partial charge on any atom is -0.490 e. The van der Waals surface area contributed by atoms with E-state index in [9.17, 15) is 18.0 Å². The van der Waals surface area contributed by atoms with Crippen molar-refractivity contribution in [3.05, 3.63) is 73.6 Å². The van der Waals surface area contributed by atoms with Gasteiger partial charge in [-0.3, -0.25) is 9.59 Å². The summed E-state index contributed by atoms with van der Waals surface area (Å²) in [6.07, 6.45) is 3.16. The summed E-state index contributed by atoms with van der Waals surface area (Å²) in [6.45, 7) is 15.4. The van der Waals surface area contributed by atoms with Crippen LogP contribution >= 0.6 is 22.6 Å². The molecule has 1 aliphatic heterocycles. The zero-order chi connectivity index (χ0) is 32.2. The smallest absolute Gasteiger partial charge is 0.339 e. The van der Waals surface area contributed by atoms with Crippen LogP contribution in [0, 0.1) is 21.3 Å². The topological polar surface area (TPSA) is 90.0 Å². The number of rotatable bonds is 8. The Morgan fingerprint density at radius 2 is 1.43 bits per heavy atom. The molecule has 5 rings (SSSR count).